The Morgan fingerprint density at radius 2 is 1.47 bits per heavy atom. The SMILES string of the molecule is O=C1C=CC2(CCCCCCCCC2)O1. The summed E-state index contributed by atoms with van der Waals surface area (Å²) in [4.78, 5) is 11.2. The van der Waals surface area contributed by atoms with Gasteiger partial charge in [-0.25, -0.2) is 4.79 Å². The van der Waals surface area contributed by atoms with Gasteiger partial charge < -0.3 is 4.74 Å². The maximum Gasteiger partial charge on any atom is 0.331 e. The van der Waals surface area contributed by atoms with Crippen molar-refractivity contribution in [1.82, 2.24) is 0 Å². The average molecular weight is 208 g/mol. The predicted octanol–water partition coefficient (Wildman–Crippen LogP) is 3.36. The van der Waals surface area contributed by atoms with Crippen molar-refractivity contribution in [3.05, 3.63) is 12.2 Å². The third kappa shape index (κ3) is 2.83. The molecular weight excluding hydrogens is 188 g/mol. The molecule has 0 atom stereocenters. The first-order valence-electron chi connectivity index (χ1n) is 6.23. The van der Waals surface area contributed by atoms with Crippen LogP contribution in [0.2, 0.25) is 0 Å². The Labute approximate surface area is 91.7 Å². The molecule has 2 rings (SSSR count). The number of ether oxygens (including phenoxy) is 1. The number of rotatable bonds is 0. The van der Waals surface area contributed by atoms with E-state index in [9.17, 15) is 4.79 Å². The topological polar surface area (TPSA) is 26.3 Å². The molecule has 1 heterocycles. The fraction of sp³-hybridized carbons (Fsp3) is 0.769. The molecule has 0 saturated heterocycles. The number of hydrogen-bond donors (Lipinski definition) is 0. The summed E-state index contributed by atoms with van der Waals surface area (Å²) in [6, 6.07) is 0. The van der Waals surface area contributed by atoms with Crippen molar-refractivity contribution < 1.29 is 9.53 Å². The normalized spacial score (nSPS) is 26.5. The lowest BCUT2D eigenvalue weighted by Crippen LogP contribution is -2.28. The first-order chi connectivity index (χ1) is 7.31. The van der Waals surface area contributed by atoms with Crippen LogP contribution in [0.15, 0.2) is 12.2 Å². The summed E-state index contributed by atoms with van der Waals surface area (Å²) in [5.41, 5.74) is -0.228. The molecule has 0 aromatic carbocycles. The molecule has 0 bridgehead atoms. The Morgan fingerprint density at radius 1 is 0.933 bits per heavy atom. The van der Waals surface area contributed by atoms with Crippen LogP contribution in [0, 0.1) is 0 Å². The molecule has 15 heavy (non-hydrogen) atoms. The molecule has 1 aliphatic heterocycles. The highest BCUT2D eigenvalue weighted by molar-refractivity contribution is 5.85. The molecule has 0 aromatic heterocycles. The van der Waals surface area contributed by atoms with E-state index in [2.05, 4.69) is 0 Å². The van der Waals surface area contributed by atoms with Crippen molar-refractivity contribution >= 4 is 5.97 Å². The first kappa shape index (κ1) is 10.7. The number of esters is 1. The van der Waals surface area contributed by atoms with E-state index in [0.717, 1.165) is 12.8 Å². The standard InChI is InChI=1S/C13H20O2/c14-12-8-11-13(15-12)9-6-4-2-1-3-5-7-10-13/h8,11H,1-7,9-10H2. The van der Waals surface area contributed by atoms with E-state index in [1.165, 1.54) is 44.9 Å². The van der Waals surface area contributed by atoms with Gasteiger partial charge in [-0.3, -0.25) is 0 Å². The molecule has 2 heteroatoms. The van der Waals surface area contributed by atoms with E-state index in [-0.39, 0.29) is 11.6 Å². The Balaban J connectivity index is 1.95. The molecule has 0 N–H and O–H groups in total. The molecule has 1 spiro atoms. The maximum absolute atomic E-state index is 11.2. The first-order valence-corrected chi connectivity index (χ1v) is 6.23. The van der Waals surface area contributed by atoms with Crippen LogP contribution in [0.1, 0.15) is 57.8 Å². The maximum atomic E-state index is 11.2. The molecule has 1 aliphatic carbocycles. The van der Waals surface area contributed by atoms with Crippen LogP contribution in [-0.4, -0.2) is 11.6 Å². The van der Waals surface area contributed by atoms with Gasteiger partial charge in [-0.1, -0.05) is 32.1 Å². The zero-order valence-electron chi connectivity index (χ0n) is 9.34. The van der Waals surface area contributed by atoms with Gasteiger partial charge in [0.05, 0.1) is 0 Å². The van der Waals surface area contributed by atoms with Gasteiger partial charge in [0.15, 0.2) is 0 Å². The fourth-order valence-corrected chi connectivity index (χ4v) is 2.61. The third-order valence-electron chi connectivity index (χ3n) is 3.53. The second-order valence-electron chi connectivity index (χ2n) is 4.79. The summed E-state index contributed by atoms with van der Waals surface area (Å²) in [5, 5.41) is 0. The van der Waals surface area contributed by atoms with Crippen LogP contribution >= 0.6 is 0 Å². The highest BCUT2D eigenvalue weighted by atomic mass is 16.6. The van der Waals surface area contributed by atoms with Crippen LogP contribution < -0.4 is 0 Å². The third-order valence-corrected chi connectivity index (χ3v) is 3.53. The minimum Gasteiger partial charge on any atom is -0.452 e. The van der Waals surface area contributed by atoms with Crippen LogP contribution in [0.3, 0.4) is 0 Å². The zero-order valence-corrected chi connectivity index (χ0v) is 9.34. The molecule has 0 unspecified atom stereocenters. The van der Waals surface area contributed by atoms with Gasteiger partial charge in [-0.2, -0.15) is 0 Å². The summed E-state index contributed by atoms with van der Waals surface area (Å²) in [6.45, 7) is 0. The van der Waals surface area contributed by atoms with Crippen LogP contribution in [0.25, 0.3) is 0 Å². The van der Waals surface area contributed by atoms with E-state index < -0.39 is 0 Å². The molecular formula is C13H20O2. The summed E-state index contributed by atoms with van der Waals surface area (Å²) in [6.07, 6.45) is 14.7. The van der Waals surface area contributed by atoms with Crippen LogP contribution in [-0.2, 0) is 9.53 Å². The van der Waals surface area contributed by atoms with Gasteiger partial charge in [0, 0.05) is 6.08 Å². The smallest absolute Gasteiger partial charge is 0.331 e. The van der Waals surface area contributed by atoms with Gasteiger partial charge in [0.2, 0.25) is 0 Å². The van der Waals surface area contributed by atoms with Crippen molar-refractivity contribution in [2.45, 2.75) is 63.4 Å². The number of carbonyl (C=O) groups excluding carboxylic acids is 1. The van der Waals surface area contributed by atoms with E-state index >= 15 is 0 Å². The second kappa shape index (κ2) is 4.82. The Hall–Kier alpha value is -0.790. The number of hydrogen-bond acceptors (Lipinski definition) is 2. The Bertz CT molecular complexity index is 245. The van der Waals surface area contributed by atoms with Gasteiger partial charge in [-0.15, -0.1) is 0 Å². The number of carbonyl (C=O) groups is 1. The zero-order chi connectivity index (χ0) is 10.6. The highest BCUT2D eigenvalue weighted by Gasteiger charge is 2.34. The highest BCUT2D eigenvalue weighted by Crippen LogP contribution is 2.33. The van der Waals surface area contributed by atoms with Crippen molar-refractivity contribution in [2.24, 2.45) is 0 Å². The van der Waals surface area contributed by atoms with Crippen molar-refractivity contribution in [3.8, 4) is 0 Å². The van der Waals surface area contributed by atoms with Gasteiger partial charge in [0.1, 0.15) is 5.60 Å². The molecule has 84 valence electrons. The quantitative estimate of drug-likeness (QED) is 0.570. The minimum absolute atomic E-state index is 0.146. The van der Waals surface area contributed by atoms with Crippen LogP contribution in [0.5, 0.6) is 0 Å². The van der Waals surface area contributed by atoms with Crippen molar-refractivity contribution in [3.63, 3.8) is 0 Å². The van der Waals surface area contributed by atoms with Crippen molar-refractivity contribution in [2.75, 3.05) is 0 Å². The van der Waals surface area contributed by atoms with Gasteiger partial charge in [-0.05, 0) is 31.8 Å². The molecule has 0 aromatic rings. The second-order valence-corrected chi connectivity index (χ2v) is 4.79. The minimum atomic E-state index is -0.228. The molecule has 2 nitrogen and oxygen atoms in total. The molecule has 1 saturated carbocycles. The molecule has 0 amide bonds. The monoisotopic (exact) mass is 208 g/mol. The average Bonchev–Trinajstić information content (AvgIpc) is 2.59. The predicted molar refractivity (Wildman–Crippen MR) is 59.5 cm³/mol. The van der Waals surface area contributed by atoms with E-state index in [0.29, 0.717) is 0 Å². The summed E-state index contributed by atoms with van der Waals surface area (Å²) >= 11 is 0. The van der Waals surface area contributed by atoms with E-state index in [1.807, 2.05) is 6.08 Å². The Kier molecular flexibility index (Phi) is 3.45. The largest absolute Gasteiger partial charge is 0.452 e. The summed E-state index contributed by atoms with van der Waals surface area (Å²) < 4.78 is 5.47. The van der Waals surface area contributed by atoms with E-state index in [1.54, 1.807) is 6.08 Å². The van der Waals surface area contributed by atoms with Crippen molar-refractivity contribution in [1.29, 1.82) is 0 Å². The fourth-order valence-electron chi connectivity index (χ4n) is 2.61. The summed E-state index contributed by atoms with van der Waals surface area (Å²) in [7, 11) is 0. The van der Waals surface area contributed by atoms with E-state index in [4.69, 9.17) is 4.74 Å². The van der Waals surface area contributed by atoms with Gasteiger partial charge in [0.25, 0.3) is 0 Å². The summed E-state index contributed by atoms with van der Waals surface area (Å²) in [5.74, 6) is -0.146. The lowest BCUT2D eigenvalue weighted by molar-refractivity contribution is -0.146. The lowest BCUT2D eigenvalue weighted by Gasteiger charge is -2.27. The lowest BCUT2D eigenvalue weighted by atomic mass is 9.88. The molecule has 2 aliphatic rings. The molecule has 1 fully saturated rings. The molecule has 0 radical (unpaired) electrons. The van der Waals surface area contributed by atoms with Crippen LogP contribution in [0.4, 0.5) is 0 Å². The van der Waals surface area contributed by atoms with Gasteiger partial charge >= 0.3 is 5.97 Å². The Morgan fingerprint density at radius 3 is 1.93 bits per heavy atom.